The highest BCUT2D eigenvalue weighted by atomic mass is 16.5. The number of nitrogens with zero attached hydrogens (tertiary/aromatic N) is 2. The van der Waals surface area contributed by atoms with Crippen molar-refractivity contribution < 1.29 is 9.53 Å². The molecule has 1 aromatic carbocycles. The first kappa shape index (κ1) is 19.2. The Bertz CT molecular complexity index is 387. The molecule has 0 aliphatic heterocycles. The summed E-state index contributed by atoms with van der Waals surface area (Å²) >= 11 is 0. The highest BCUT2D eigenvalue weighted by Gasteiger charge is 1.99. The van der Waals surface area contributed by atoms with Gasteiger partial charge in [-0.2, -0.15) is 0 Å². The third kappa shape index (κ3) is 9.68. The van der Waals surface area contributed by atoms with Gasteiger partial charge in [0.25, 0.3) is 0 Å². The quantitative estimate of drug-likeness (QED) is 0.571. The fraction of sp³-hybridized carbons (Fsp3) is 0.471. The molecule has 0 N–H and O–H groups in total. The number of ether oxygens (including phenoxy) is 1. The molecular weight excluding hydrogens is 264 g/mol. The first-order valence-corrected chi connectivity index (χ1v) is 7.29. The van der Waals surface area contributed by atoms with Crippen molar-refractivity contribution in [3.05, 3.63) is 43.0 Å². The molecule has 1 rings (SSSR count). The number of esters is 1. The van der Waals surface area contributed by atoms with Gasteiger partial charge in [0.15, 0.2) is 0 Å². The van der Waals surface area contributed by atoms with Crippen LogP contribution in [0.4, 0.5) is 5.69 Å². The lowest BCUT2D eigenvalue weighted by molar-refractivity contribution is -0.138. The van der Waals surface area contributed by atoms with Gasteiger partial charge in [-0.05, 0) is 25.2 Å². The van der Waals surface area contributed by atoms with Gasteiger partial charge in [-0.1, -0.05) is 38.6 Å². The first-order valence-electron chi connectivity index (χ1n) is 7.29. The molecule has 0 saturated heterocycles. The summed E-state index contributed by atoms with van der Waals surface area (Å²) < 4.78 is 4.83. The van der Waals surface area contributed by atoms with Crippen LogP contribution in [-0.2, 0) is 9.53 Å². The van der Waals surface area contributed by atoms with Crippen LogP contribution in [0.15, 0.2) is 43.0 Å². The highest BCUT2D eigenvalue weighted by molar-refractivity contribution is 5.81. The summed E-state index contributed by atoms with van der Waals surface area (Å²) in [6.07, 6.45) is 1.18. The summed E-state index contributed by atoms with van der Waals surface area (Å²) in [6.45, 7) is 10.7. The molecule has 1 aromatic rings. The molecule has 0 unspecified atom stereocenters. The Balaban J connectivity index is 0.000000394. The van der Waals surface area contributed by atoms with Crippen molar-refractivity contribution in [2.75, 3.05) is 45.2 Å². The van der Waals surface area contributed by atoms with E-state index in [2.05, 4.69) is 42.4 Å². The number of carbonyl (C=O) groups is 1. The average Bonchev–Trinajstić information content (AvgIpc) is 2.52. The maximum Gasteiger partial charge on any atom is 0.330 e. The SMILES string of the molecule is C=CC(=O)OCCN(CC)CC.CN(C)c1ccccc1. The zero-order valence-electron chi connectivity index (χ0n) is 13.7. The number of carbonyl (C=O) groups excluding carboxylic acids is 1. The molecule has 0 amide bonds. The predicted octanol–water partition coefficient (Wildman–Crippen LogP) is 2.81. The predicted molar refractivity (Wildman–Crippen MR) is 89.7 cm³/mol. The van der Waals surface area contributed by atoms with E-state index in [0.29, 0.717) is 6.61 Å². The Morgan fingerprint density at radius 2 is 1.76 bits per heavy atom. The van der Waals surface area contributed by atoms with Gasteiger partial charge in [0.05, 0.1) is 0 Å². The Kier molecular flexibility index (Phi) is 10.9. The van der Waals surface area contributed by atoms with Crippen molar-refractivity contribution in [1.29, 1.82) is 0 Å². The number of benzene rings is 1. The average molecular weight is 292 g/mol. The second-order valence-corrected chi connectivity index (χ2v) is 4.63. The van der Waals surface area contributed by atoms with Crippen LogP contribution in [-0.4, -0.2) is 51.2 Å². The molecule has 0 aliphatic carbocycles. The van der Waals surface area contributed by atoms with E-state index in [0.717, 1.165) is 19.6 Å². The minimum atomic E-state index is -0.345. The van der Waals surface area contributed by atoms with Gasteiger partial charge in [0.2, 0.25) is 0 Å². The molecule has 4 nitrogen and oxygen atoms in total. The lowest BCUT2D eigenvalue weighted by atomic mass is 10.3. The van der Waals surface area contributed by atoms with Gasteiger partial charge >= 0.3 is 5.97 Å². The molecule has 0 aromatic heterocycles. The Morgan fingerprint density at radius 3 is 2.14 bits per heavy atom. The van der Waals surface area contributed by atoms with Crippen molar-refractivity contribution in [2.24, 2.45) is 0 Å². The molecule has 118 valence electrons. The molecule has 21 heavy (non-hydrogen) atoms. The largest absolute Gasteiger partial charge is 0.461 e. The van der Waals surface area contributed by atoms with Gasteiger partial charge < -0.3 is 14.5 Å². The Labute approximate surface area is 129 Å². The van der Waals surface area contributed by atoms with Crippen LogP contribution < -0.4 is 4.90 Å². The monoisotopic (exact) mass is 292 g/mol. The molecule has 0 heterocycles. The van der Waals surface area contributed by atoms with E-state index in [4.69, 9.17) is 4.74 Å². The number of para-hydroxylation sites is 1. The number of rotatable bonds is 7. The minimum absolute atomic E-state index is 0.345. The van der Waals surface area contributed by atoms with E-state index in [1.54, 1.807) is 0 Å². The van der Waals surface area contributed by atoms with Crippen LogP contribution in [0.3, 0.4) is 0 Å². The summed E-state index contributed by atoms with van der Waals surface area (Å²) in [5.74, 6) is -0.345. The zero-order chi connectivity index (χ0) is 16.1. The first-order chi connectivity index (χ1) is 10.0. The minimum Gasteiger partial charge on any atom is -0.461 e. The van der Waals surface area contributed by atoms with E-state index in [1.165, 1.54) is 11.8 Å². The number of anilines is 1. The second kappa shape index (κ2) is 12.0. The summed E-state index contributed by atoms with van der Waals surface area (Å²) in [5.41, 5.74) is 1.25. The molecule has 0 fully saturated rings. The second-order valence-electron chi connectivity index (χ2n) is 4.63. The summed E-state index contributed by atoms with van der Waals surface area (Å²) in [6, 6.07) is 10.3. The molecule has 0 radical (unpaired) electrons. The van der Waals surface area contributed by atoms with Gasteiger partial charge in [0.1, 0.15) is 6.61 Å². The van der Waals surface area contributed by atoms with Gasteiger partial charge in [-0.15, -0.1) is 0 Å². The summed E-state index contributed by atoms with van der Waals surface area (Å²) in [4.78, 5) is 14.9. The van der Waals surface area contributed by atoms with Gasteiger partial charge in [-0.25, -0.2) is 4.79 Å². The molecular formula is C17H28N2O2. The maximum atomic E-state index is 10.6. The lowest BCUT2D eigenvalue weighted by Crippen LogP contribution is -2.27. The summed E-state index contributed by atoms with van der Waals surface area (Å²) in [7, 11) is 4.07. The molecule has 0 atom stereocenters. The third-order valence-corrected chi connectivity index (χ3v) is 2.99. The van der Waals surface area contributed by atoms with Crippen molar-refractivity contribution >= 4 is 11.7 Å². The van der Waals surface area contributed by atoms with Crippen molar-refractivity contribution in [3.63, 3.8) is 0 Å². The van der Waals surface area contributed by atoms with Crippen molar-refractivity contribution in [1.82, 2.24) is 4.90 Å². The normalized spacial score (nSPS) is 9.57. The van der Waals surface area contributed by atoms with Crippen LogP contribution in [0.25, 0.3) is 0 Å². The fourth-order valence-electron chi connectivity index (χ4n) is 1.60. The van der Waals surface area contributed by atoms with E-state index >= 15 is 0 Å². The Morgan fingerprint density at radius 1 is 1.19 bits per heavy atom. The van der Waals surface area contributed by atoms with Crippen LogP contribution in [0, 0.1) is 0 Å². The number of hydrogen-bond acceptors (Lipinski definition) is 4. The maximum absolute atomic E-state index is 10.6. The van der Waals surface area contributed by atoms with Crippen molar-refractivity contribution in [2.45, 2.75) is 13.8 Å². The van der Waals surface area contributed by atoms with Crippen LogP contribution in [0.2, 0.25) is 0 Å². The smallest absolute Gasteiger partial charge is 0.330 e. The topological polar surface area (TPSA) is 32.8 Å². The standard InChI is InChI=1S/C9H17NO2.C8H11N/c1-4-9(11)12-8-7-10(5-2)6-3;1-9(2)8-6-4-3-5-7-8/h4H,1,5-8H2,2-3H3;3-7H,1-2H3. The van der Waals surface area contributed by atoms with Crippen molar-refractivity contribution in [3.8, 4) is 0 Å². The van der Waals surface area contributed by atoms with Gasteiger partial charge in [-0.3, -0.25) is 0 Å². The highest BCUT2D eigenvalue weighted by Crippen LogP contribution is 2.07. The van der Waals surface area contributed by atoms with Crippen LogP contribution >= 0.6 is 0 Å². The third-order valence-electron chi connectivity index (χ3n) is 2.99. The van der Waals surface area contributed by atoms with Crippen LogP contribution in [0.1, 0.15) is 13.8 Å². The fourth-order valence-corrected chi connectivity index (χ4v) is 1.60. The summed E-state index contributed by atoms with van der Waals surface area (Å²) in [5, 5.41) is 0. The molecule has 4 heteroatoms. The van der Waals surface area contributed by atoms with E-state index in [-0.39, 0.29) is 5.97 Å². The number of likely N-dealkylation sites (N-methyl/N-ethyl adjacent to an activating group) is 1. The van der Waals surface area contributed by atoms with E-state index in [9.17, 15) is 4.79 Å². The molecule has 0 bridgehead atoms. The molecule has 0 saturated carbocycles. The van der Waals surface area contributed by atoms with Gasteiger partial charge in [0, 0.05) is 32.4 Å². The van der Waals surface area contributed by atoms with Crippen LogP contribution in [0.5, 0.6) is 0 Å². The van der Waals surface area contributed by atoms with E-state index in [1.807, 2.05) is 32.3 Å². The zero-order valence-corrected chi connectivity index (χ0v) is 13.7. The number of hydrogen-bond donors (Lipinski definition) is 0. The lowest BCUT2D eigenvalue weighted by Gasteiger charge is -2.16. The Hall–Kier alpha value is -1.81. The van der Waals surface area contributed by atoms with E-state index < -0.39 is 0 Å². The molecule has 0 spiro atoms. The molecule has 0 aliphatic rings.